The maximum atomic E-state index is 12.4. The maximum Gasteiger partial charge on any atom is 0.410 e. The number of carbonyl (C=O) groups excluding carboxylic acids is 2. The summed E-state index contributed by atoms with van der Waals surface area (Å²) in [5.74, 6) is -0.108. The fourth-order valence-corrected chi connectivity index (χ4v) is 4.36. The minimum Gasteiger partial charge on any atom is -0.455 e. The SMILES string of the molecule is O=C1CCC2(CN(C(=O)OCC3c4ccccc4-c4ccccc43)C2)O1. The van der Waals surface area contributed by atoms with Crippen LogP contribution >= 0.6 is 0 Å². The first kappa shape index (κ1) is 15.4. The fourth-order valence-electron chi connectivity index (χ4n) is 4.36. The molecule has 0 unspecified atom stereocenters. The predicted molar refractivity (Wildman–Crippen MR) is 94.7 cm³/mol. The standard InChI is InChI=1S/C21H19NO4/c23-19-9-10-21(26-19)12-22(13-21)20(24)25-11-18-16-7-3-1-5-14(16)15-6-2-4-8-17(15)18/h1-8,18H,9-13H2. The van der Waals surface area contributed by atoms with Gasteiger partial charge in [-0.3, -0.25) is 4.79 Å². The molecule has 0 bridgehead atoms. The number of carbonyl (C=O) groups is 2. The zero-order valence-corrected chi connectivity index (χ0v) is 14.3. The summed E-state index contributed by atoms with van der Waals surface area (Å²) in [7, 11) is 0. The van der Waals surface area contributed by atoms with Gasteiger partial charge in [-0.25, -0.2) is 4.79 Å². The van der Waals surface area contributed by atoms with Gasteiger partial charge >= 0.3 is 12.1 Å². The van der Waals surface area contributed by atoms with Gasteiger partial charge in [-0.2, -0.15) is 0 Å². The molecule has 2 aromatic rings. The molecule has 26 heavy (non-hydrogen) atoms. The van der Waals surface area contributed by atoms with E-state index >= 15 is 0 Å². The molecular weight excluding hydrogens is 330 g/mol. The molecule has 5 nitrogen and oxygen atoms in total. The highest BCUT2D eigenvalue weighted by Gasteiger charge is 2.52. The van der Waals surface area contributed by atoms with Crippen LogP contribution in [0.25, 0.3) is 11.1 Å². The quantitative estimate of drug-likeness (QED) is 0.781. The third-order valence-corrected chi connectivity index (χ3v) is 5.67. The van der Waals surface area contributed by atoms with Gasteiger partial charge in [0.2, 0.25) is 0 Å². The summed E-state index contributed by atoms with van der Waals surface area (Å²) in [5, 5.41) is 0. The summed E-state index contributed by atoms with van der Waals surface area (Å²) in [4.78, 5) is 25.3. The molecule has 2 aromatic carbocycles. The fraction of sp³-hybridized carbons (Fsp3) is 0.333. The molecule has 0 atom stereocenters. The average Bonchev–Trinajstić information content (AvgIpc) is 3.17. The lowest BCUT2D eigenvalue weighted by Gasteiger charge is -2.45. The summed E-state index contributed by atoms with van der Waals surface area (Å²) in [5.41, 5.74) is 4.37. The molecule has 3 aliphatic rings. The van der Waals surface area contributed by atoms with Gasteiger partial charge in [0.25, 0.3) is 0 Å². The number of amides is 1. The van der Waals surface area contributed by atoms with Crippen molar-refractivity contribution in [2.24, 2.45) is 0 Å². The van der Waals surface area contributed by atoms with E-state index < -0.39 is 5.60 Å². The lowest BCUT2D eigenvalue weighted by Crippen LogP contribution is -2.63. The Hall–Kier alpha value is -2.82. The Morgan fingerprint density at radius 1 is 1.08 bits per heavy atom. The number of ether oxygens (including phenoxy) is 2. The Balaban J connectivity index is 1.28. The minimum atomic E-state index is -0.456. The van der Waals surface area contributed by atoms with Crippen LogP contribution in [0, 0.1) is 0 Å². The second-order valence-electron chi connectivity index (χ2n) is 7.32. The van der Waals surface area contributed by atoms with Crippen LogP contribution in [0.1, 0.15) is 29.9 Å². The molecule has 2 fully saturated rings. The number of fused-ring (bicyclic) bond motifs is 3. The molecule has 2 aliphatic heterocycles. The number of hydrogen-bond donors (Lipinski definition) is 0. The largest absolute Gasteiger partial charge is 0.455 e. The highest BCUT2D eigenvalue weighted by atomic mass is 16.6. The van der Waals surface area contributed by atoms with Crippen molar-refractivity contribution in [3.8, 4) is 11.1 Å². The predicted octanol–water partition coefficient (Wildman–Crippen LogP) is 3.33. The van der Waals surface area contributed by atoms with Gasteiger partial charge in [0.15, 0.2) is 0 Å². The van der Waals surface area contributed by atoms with Crippen molar-refractivity contribution in [1.82, 2.24) is 4.90 Å². The van der Waals surface area contributed by atoms with Gasteiger partial charge in [0.1, 0.15) is 12.2 Å². The van der Waals surface area contributed by atoms with Crippen LogP contribution in [0.3, 0.4) is 0 Å². The highest BCUT2D eigenvalue weighted by Crippen LogP contribution is 2.44. The zero-order valence-electron chi connectivity index (χ0n) is 14.3. The van der Waals surface area contributed by atoms with E-state index in [1.807, 2.05) is 24.3 Å². The lowest BCUT2D eigenvalue weighted by molar-refractivity contribution is -0.161. The first-order valence-electron chi connectivity index (χ1n) is 8.97. The van der Waals surface area contributed by atoms with Crippen molar-refractivity contribution >= 4 is 12.1 Å². The average molecular weight is 349 g/mol. The van der Waals surface area contributed by atoms with Crippen molar-refractivity contribution < 1.29 is 19.1 Å². The maximum absolute atomic E-state index is 12.4. The second kappa shape index (κ2) is 5.59. The Morgan fingerprint density at radius 2 is 1.69 bits per heavy atom. The highest BCUT2D eigenvalue weighted by molar-refractivity contribution is 5.79. The molecule has 132 valence electrons. The summed E-state index contributed by atoms with van der Waals surface area (Å²) in [6.45, 7) is 1.20. The van der Waals surface area contributed by atoms with E-state index in [2.05, 4.69) is 24.3 Å². The van der Waals surface area contributed by atoms with E-state index in [1.165, 1.54) is 22.3 Å². The molecule has 2 saturated heterocycles. The smallest absolute Gasteiger partial charge is 0.410 e. The van der Waals surface area contributed by atoms with Crippen LogP contribution in [0.5, 0.6) is 0 Å². The summed E-state index contributed by atoms with van der Waals surface area (Å²) < 4.78 is 11.0. The topological polar surface area (TPSA) is 55.8 Å². The first-order chi connectivity index (χ1) is 12.7. The van der Waals surface area contributed by atoms with Gasteiger partial charge in [-0.1, -0.05) is 48.5 Å². The molecule has 1 aliphatic carbocycles. The van der Waals surface area contributed by atoms with E-state index in [-0.39, 0.29) is 18.0 Å². The third-order valence-electron chi connectivity index (χ3n) is 5.67. The van der Waals surface area contributed by atoms with Gasteiger partial charge in [0.05, 0.1) is 13.1 Å². The molecule has 0 aromatic heterocycles. The Kier molecular flexibility index (Phi) is 3.32. The number of nitrogens with zero attached hydrogens (tertiary/aromatic N) is 1. The normalized spacial score (nSPS) is 19.7. The van der Waals surface area contributed by atoms with Crippen molar-refractivity contribution in [2.45, 2.75) is 24.4 Å². The lowest BCUT2D eigenvalue weighted by atomic mass is 9.91. The van der Waals surface area contributed by atoms with Crippen LogP contribution in [-0.2, 0) is 14.3 Å². The van der Waals surface area contributed by atoms with E-state index in [1.54, 1.807) is 4.90 Å². The molecule has 1 spiro atoms. The summed E-state index contributed by atoms with van der Waals surface area (Å²) in [6.07, 6.45) is 0.803. The number of likely N-dealkylation sites (tertiary alicyclic amines) is 1. The molecule has 0 saturated carbocycles. The monoisotopic (exact) mass is 349 g/mol. The van der Waals surface area contributed by atoms with Crippen LogP contribution in [0.15, 0.2) is 48.5 Å². The van der Waals surface area contributed by atoms with Crippen molar-refractivity contribution in [1.29, 1.82) is 0 Å². The number of rotatable bonds is 2. The molecule has 2 heterocycles. The van der Waals surface area contributed by atoms with E-state index in [0.29, 0.717) is 32.5 Å². The molecule has 0 N–H and O–H groups in total. The van der Waals surface area contributed by atoms with Crippen molar-refractivity contribution in [2.75, 3.05) is 19.7 Å². The van der Waals surface area contributed by atoms with Gasteiger partial charge in [0, 0.05) is 18.8 Å². The van der Waals surface area contributed by atoms with Crippen LogP contribution in [0.4, 0.5) is 4.79 Å². The third kappa shape index (κ3) is 2.30. The van der Waals surface area contributed by atoms with Crippen molar-refractivity contribution in [3.63, 3.8) is 0 Å². The van der Waals surface area contributed by atoms with Crippen LogP contribution in [-0.4, -0.2) is 42.3 Å². The molecule has 5 rings (SSSR count). The van der Waals surface area contributed by atoms with Crippen LogP contribution in [0.2, 0.25) is 0 Å². The number of esters is 1. The summed E-state index contributed by atoms with van der Waals surface area (Å²) in [6, 6.07) is 16.5. The number of benzene rings is 2. The molecule has 0 radical (unpaired) electrons. The van der Waals surface area contributed by atoms with Gasteiger partial charge in [-0.15, -0.1) is 0 Å². The second-order valence-corrected chi connectivity index (χ2v) is 7.32. The minimum absolute atomic E-state index is 0.0610. The molecule has 5 heteroatoms. The Bertz CT molecular complexity index is 855. The number of hydrogen-bond acceptors (Lipinski definition) is 4. The summed E-state index contributed by atoms with van der Waals surface area (Å²) >= 11 is 0. The Labute approximate surface area is 151 Å². The van der Waals surface area contributed by atoms with E-state index in [4.69, 9.17) is 9.47 Å². The van der Waals surface area contributed by atoms with Gasteiger partial charge in [-0.05, 0) is 22.3 Å². The Morgan fingerprint density at radius 3 is 2.27 bits per heavy atom. The zero-order chi connectivity index (χ0) is 17.7. The molecular formula is C21H19NO4. The molecule has 1 amide bonds. The van der Waals surface area contributed by atoms with Crippen LogP contribution < -0.4 is 0 Å². The van der Waals surface area contributed by atoms with Crippen molar-refractivity contribution in [3.05, 3.63) is 59.7 Å². The van der Waals surface area contributed by atoms with E-state index in [0.717, 1.165) is 0 Å². The first-order valence-corrected chi connectivity index (χ1v) is 8.97. The van der Waals surface area contributed by atoms with Gasteiger partial charge < -0.3 is 14.4 Å². The van der Waals surface area contributed by atoms with E-state index in [9.17, 15) is 9.59 Å².